The van der Waals surface area contributed by atoms with Gasteiger partial charge in [-0.2, -0.15) is 0 Å². The minimum atomic E-state index is 0.239. The summed E-state index contributed by atoms with van der Waals surface area (Å²) in [5.41, 5.74) is 5.46. The molecule has 20 heavy (non-hydrogen) atoms. The van der Waals surface area contributed by atoms with Gasteiger partial charge in [0.1, 0.15) is 0 Å². The van der Waals surface area contributed by atoms with Crippen molar-refractivity contribution >= 4 is 5.91 Å². The number of rotatable bonds is 8. The van der Waals surface area contributed by atoms with Crippen molar-refractivity contribution in [2.45, 2.75) is 26.7 Å². The van der Waals surface area contributed by atoms with Crippen molar-refractivity contribution in [2.24, 2.45) is 11.7 Å². The maximum atomic E-state index is 11.9. The number of nitrogens with two attached hydrogens (primary N) is 1. The Morgan fingerprint density at radius 1 is 1.20 bits per heavy atom. The molecular weight excluding hydrogens is 252 g/mol. The molecular formula is C15H32N4O. The van der Waals surface area contributed by atoms with E-state index in [4.69, 9.17) is 5.73 Å². The number of hydrogen-bond acceptors (Lipinski definition) is 4. The van der Waals surface area contributed by atoms with E-state index in [-0.39, 0.29) is 5.91 Å². The average molecular weight is 284 g/mol. The van der Waals surface area contributed by atoms with E-state index in [1.807, 2.05) is 11.9 Å². The molecule has 1 aliphatic rings. The molecule has 0 saturated carbocycles. The summed E-state index contributed by atoms with van der Waals surface area (Å²) in [6.07, 6.45) is 1.52. The lowest BCUT2D eigenvalue weighted by atomic mass is 10.2. The van der Waals surface area contributed by atoms with E-state index in [1.54, 1.807) is 0 Å². The first kappa shape index (κ1) is 17.4. The maximum Gasteiger partial charge on any atom is 0.223 e. The normalized spacial score (nSPS) is 17.6. The first-order valence-electron chi connectivity index (χ1n) is 7.91. The van der Waals surface area contributed by atoms with Gasteiger partial charge >= 0.3 is 0 Å². The Labute approximate surface area is 124 Å². The Kier molecular flexibility index (Phi) is 8.11. The molecule has 1 amide bonds. The van der Waals surface area contributed by atoms with Gasteiger partial charge in [0.05, 0.1) is 0 Å². The Balaban J connectivity index is 2.16. The van der Waals surface area contributed by atoms with Crippen molar-refractivity contribution in [1.29, 1.82) is 0 Å². The molecule has 0 bridgehead atoms. The lowest BCUT2D eigenvalue weighted by molar-refractivity contribution is -0.130. The van der Waals surface area contributed by atoms with E-state index in [1.165, 1.54) is 6.54 Å². The van der Waals surface area contributed by atoms with Crippen LogP contribution >= 0.6 is 0 Å². The van der Waals surface area contributed by atoms with Gasteiger partial charge in [-0.3, -0.25) is 4.79 Å². The highest BCUT2D eigenvalue weighted by molar-refractivity contribution is 5.76. The monoisotopic (exact) mass is 284 g/mol. The third-order valence-electron chi connectivity index (χ3n) is 3.85. The number of amides is 1. The second kappa shape index (κ2) is 9.32. The summed E-state index contributed by atoms with van der Waals surface area (Å²) in [5, 5.41) is 0. The van der Waals surface area contributed by atoms with Gasteiger partial charge in [-0.05, 0) is 18.9 Å². The summed E-state index contributed by atoms with van der Waals surface area (Å²) in [6, 6.07) is 0. The van der Waals surface area contributed by atoms with Gasteiger partial charge in [-0.1, -0.05) is 13.8 Å². The van der Waals surface area contributed by atoms with Crippen LogP contribution in [-0.4, -0.2) is 80.0 Å². The molecule has 0 atom stereocenters. The fourth-order valence-corrected chi connectivity index (χ4v) is 2.61. The zero-order valence-electron chi connectivity index (χ0n) is 13.5. The van der Waals surface area contributed by atoms with Gasteiger partial charge in [0.2, 0.25) is 5.91 Å². The molecule has 0 unspecified atom stereocenters. The molecule has 0 aromatic carbocycles. The van der Waals surface area contributed by atoms with E-state index >= 15 is 0 Å². The van der Waals surface area contributed by atoms with Crippen LogP contribution < -0.4 is 5.73 Å². The Morgan fingerprint density at radius 3 is 2.35 bits per heavy atom. The van der Waals surface area contributed by atoms with Crippen molar-refractivity contribution in [3.8, 4) is 0 Å². The van der Waals surface area contributed by atoms with Gasteiger partial charge < -0.3 is 20.4 Å². The van der Waals surface area contributed by atoms with Gasteiger partial charge in [-0.25, -0.2) is 0 Å². The predicted octanol–water partition coefficient (Wildman–Crippen LogP) is 0.457. The SMILES string of the molecule is CC(C)CN1CCN(CCC(=O)N(C)CCCN)CC1. The molecule has 1 fully saturated rings. The molecule has 0 aromatic rings. The number of piperazine rings is 1. The highest BCUT2D eigenvalue weighted by Gasteiger charge is 2.18. The van der Waals surface area contributed by atoms with Crippen LogP contribution in [0.25, 0.3) is 0 Å². The maximum absolute atomic E-state index is 11.9. The van der Waals surface area contributed by atoms with Crippen LogP contribution in [-0.2, 0) is 4.79 Å². The van der Waals surface area contributed by atoms with Crippen LogP contribution in [0.4, 0.5) is 0 Å². The van der Waals surface area contributed by atoms with E-state index < -0.39 is 0 Å². The van der Waals surface area contributed by atoms with E-state index in [0.717, 1.165) is 51.6 Å². The Bertz CT molecular complexity index is 275. The third-order valence-corrected chi connectivity index (χ3v) is 3.85. The number of carbonyl (C=O) groups excluding carboxylic acids is 1. The zero-order chi connectivity index (χ0) is 15.0. The van der Waals surface area contributed by atoms with Crippen molar-refractivity contribution in [1.82, 2.24) is 14.7 Å². The van der Waals surface area contributed by atoms with Crippen LogP contribution in [0.3, 0.4) is 0 Å². The molecule has 2 N–H and O–H groups in total. The van der Waals surface area contributed by atoms with Gasteiger partial charge in [0.15, 0.2) is 0 Å². The molecule has 5 heteroatoms. The molecule has 1 saturated heterocycles. The summed E-state index contributed by atoms with van der Waals surface area (Å²) in [4.78, 5) is 18.7. The second-order valence-corrected chi connectivity index (χ2v) is 6.24. The lowest BCUT2D eigenvalue weighted by Gasteiger charge is -2.35. The Morgan fingerprint density at radius 2 is 1.80 bits per heavy atom. The molecule has 0 aromatic heterocycles. The molecule has 0 aliphatic carbocycles. The van der Waals surface area contributed by atoms with Crippen LogP contribution in [0.1, 0.15) is 26.7 Å². The first-order chi connectivity index (χ1) is 9.52. The molecule has 5 nitrogen and oxygen atoms in total. The standard InChI is InChI=1S/C15H32N4O/c1-14(2)13-19-11-9-18(10-12-19)8-5-15(20)17(3)7-4-6-16/h14H,4-13,16H2,1-3H3. The van der Waals surface area contributed by atoms with Crippen molar-refractivity contribution in [2.75, 3.05) is 59.4 Å². The highest BCUT2D eigenvalue weighted by atomic mass is 16.2. The summed E-state index contributed by atoms with van der Waals surface area (Å²) >= 11 is 0. The summed E-state index contributed by atoms with van der Waals surface area (Å²) in [5.74, 6) is 0.974. The lowest BCUT2D eigenvalue weighted by Crippen LogP contribution is -2.48. The molecule has 0 spiro atoms. The minimum Gasteiger partial charge on any atom is -0.346 e. The summed E-state index contributed by atoms with van der Waals surface area (Å²) < 4.78 is 0. The average Bonchev–Trinajstić information content (AvgIpc) is 2.43. The van der Waals surface area contributed by atoms with Crippen molar-refractivity contribution in [3.05, 3.63) is 0 Å². The number of carbonyl (C=O) groups is 1. The number of hydrogen-bond donors (Lipinski definition) is 1. The third kappa shape index (κ3) is 6.68. The smallest absolute Gasteiger partial charge is 0.223 e. The molecule has 1 heterocycles. The molecule has 0 radical (unpaired) electrons. The second-order valence-electron chi connectivity index (χ2n) is 6.24. The molecule has 118 valence electrons. The summed E-state index contributed by atoms with van der Waals surface area (Å²) in [6.45, 7) is 12.5. The largest absolute Gasteiger partial charge is 0.346 e. The first-order valence-corrected chi connectivity index (χ1v) is 7.91. The minimum absolute atomic E-state index is 0.239. The molecule has 1 aliphatic heterocycles. The van der Waals surface area contributed by atoms with Crippen molar-refractivity contribution in [3.63, 3.8) is 0 Å². The van der Waals surface area contributed by atoms with E-state index in [9.17, 15) is 4.79 Å². The predicted molar refractivity (Wildman–Crippen MR) is 83.6 cm³/mol. The van der Waals surface area contributed by atoms with Crippen LogP contribution in [0.15, 0.2) is 0 Å². The fraction of sp³-hybridized carbons (Fsp3) is 0.933. The van der Waals surface area contributed by atoms with Gasteiger partial charge in [0, 0.05) is 59.3 Å². The summed E-state index contributed by atoms with van der Waals surface area (Å²) in [7, 11) is 1.87. The topological polar surface area (TPSA) is 52.8 Å². The van der Waals surface area contributed by atoms with Crippen LogP contribution in [0.5, 0.6) is 0 Å². The fourth-order valence-electron chi connectivity index (χ4n) is 2.61. The van der Waals surface area contributed by atoms with Crippen LogP contribution in [0, 0.1) is 5.92 Å². The van der Waals surface area contributed by atoms with Gasteiger partial charge in [-0.15, -0.1) is 0 Å². The number of nitrogens with zero attached hydrogens (tertiary/aromatic N) is 3. The van der Waals surface area contributed by atoms with Crippen molar-refractivity contribution < 1.29 is 4.79 Å². The molecule has 1 rings (SSSR count). The van der Waals surface area contributed by atoms with Crippen LogP contribution in [0.2, 0.25) is 0 Å². The van der Waals surface area contributed by atoms with E-state index in [0.29, 0.717) is 13.0 Å². The zero-order valence-corrected chi connectivity index (χ0v) is 13.5. The quantitative estimate of drug-likeness (QED) is 0.703. The van der Waals surface area contributed by atoms with Gasteiger partial charge in [0.25, 0.3) is 0 Å². The Hall–Kier alpha value is -0.650. The van der Waals surface area contributed by atoms with E-state index in [2.05, 4.69) is 23.6 Å². The highest BCUT2D eigenvalue weighted by Crippen LogP contribution is 2.06.